The molecule has 1 rings (SSSR count). The Kier molecular flexibility index (Phi) is 2.13. The molecule has 0 atom stereocenters. The van der Waals surface area contributed by atoms with Gasteiger partial charge in [-0.05, 0) is 25.7 Å². The summed E-state index contributed by atoms with van der Waals surface area (Å²) < 4.78 is 0. The van der Waals surface area contributed by atoms with Crippen LogP contribution in [0.4, 0.5) is 0 Å². The molecule has 0 heteroatoms. The van der Waals surface area contributed by atoms with E-state index in [9.17, 15) is 0 Å². The van der Waals surface area contributed by atoms with E-state index in [2.05, 4.69) is 13.0 Å². The van der Waals surface area contributed by atoms with Crippen molar-refractivity contribution in [1.82, 2.24) is 0 Å². The number of rotatable bonds is 3. The number of allylic oxidation sites excluding steroid dienone is 2. The van der Waals surface area contributed by atoms with Crippen LogP contribution >= 0.6 is 0 Å². The summed E-state index contributed by atoms with van der Waals surface area (Å²) in [6.45, 7) is 3.79. The summed E-state index contributed by atoms with van der Waals surface area (Å²) in [6, 6.07) is 0. The number of hydrogen-bond acceptors (Lipinski definition) is 0. The van der Waals surface area contributed by atoms with Gasteiger partial charge in [-0.25, -0.2) is 0 Å². The minimum atomic E-state index is 1.09. The molecule has 0 fully saturated rings. The molecule has 0 heterocycles. The van der Waals surface area contributed by atoms with E-state index in [0.29, 0.717) is 0 Å². The molecule has 0 spiro atoms. The van der Waals surface area contributed by atoms with Crippen molar-refractivity contribution in [3.05, 3.63) is 18.6 Å². The van der Waals surface area contributed by atoms with Crippen molar-refractivity contribution in [2.45, 2.75) is 32.1 Å². The first-order chi connectivity index (χ1) is 3.93. The zero-order chi connectivity index (χ0) is 5.82. The van der Waals surface area contributed by atoms with E-state index in [4.69, 9.17) is 0 Å². The number of hydrogen-bond donors (Lipinski definition) is 0. The Morgan fingerprint density at radius 3 is 2.75 bits per heavy atom. The Balaban J connectivity index is 2.02. The maximum absolute atomic E-state index is 3.79. The standard InChI is InChI=1S/C8H13/c1-2-3-5-8-6-4-7-8/h6H,1-5,7H2. The molecule has 1 aliphatic rings. The van der Waals surface area contributed by atoms with Crippen LogP contribution in [0, 0.1) is 6.92 Å². The molecule has 0 N–H and O–H groups in total. The molecule has 0 amide bonds. The molecule has 0 aromatic rings. The Bertz CT molecular complexity index is 90.2. The van der Waals surface area contributed by atoms with Gasteiger partial charge in [0.05, 0.1) is 0 Å². The highest BCUT2D eigenvalue weighted by Crippen LogP contribution is 2.22. The molecule has 0 aromatic carbocycles. The van der Waals surface area contributed by atoms with Crippen LogP contribution in [-0.2, 0) is 0 Å². The smallest absolute Gasteiger partial charge is 0.0285 e. The maximum Gasteiger partial charge on any atom is -0.0285 e. The Hall–Kier alpha value is -0.260. The minimum absolute atomic E-state index is 1.09. The molecule has 8 heavy (non-hydrogen) atoms. The summed E-state index contributed by atoms with van der Waals surface area (Å²) >= 11 is 0. The van der Waals surface area contributed by atoms with Crippen LogP contribution in [0.2, 0.25) is 0 Å². The summed E-state index contributed by atoms with van der Waals surface area (Å²) in [5.74, 6) is 0. The van der Waals surface area contributed by atoms with Gasteiger partial charge < -0.3 is 0 Å². The van der Waals surface area contributed by atoms with Gasteiger partial charge in [0.1, 0.15) is 0 Å². The quantitative estimate of drug-likeness (QED) is 0.489. The Morgan fingerprint density at radius 1 is 1.62 bits per heavy atom. The lowest BCUT2D eigenvalue weighted by Gasteiger charge is -2.12. The lowest BCUT2D eigenvalue weighted by atomic mass is 9.94. The van der Waals surface area contributed by atoms with Crippen molar-refractivity contribution in [3.63, 3.8) is 0 Å². The van der Waals surface area contributed by atoms with Crippen LogP contribution in [0.25, 0.3) is 0 Å². The molecule has 45 valence electrons. The Morgan fingerprint density at radius 2 is 2.38 bits per heavy atom. The topological polar surface area (TPSA) is 0 Å². The SMILES string of the molecule is [CH2]CCCC1=CCC1. The molecule has 0 saturated heterocycles. The van der Waals surface area contributed by atoms with E-state index in [0.717, 1.165) is 6.42 Å². The van der Waals surface area contributed by atoms with E-state index in [1.54, 1.807) is 5.57 Å². The van der Waals surface area contributed by atoms with Crippen LogP contribution in [-0.4, -0.2) is 0 Å². The van der Waals surface area contributed by atoms with Crippen LogP contribution in [0.5, 0.6) is 0 Å². The molecule has 0 saturated carbocycles. The van der Waals surface area contributed by atoms with Gasteiger partial charge in [-0.1, -0.05) is 25.0 Å². The van der Waals surface area contributed by atoms with Crippen molar-refractivity contribution in [1.29, 1.82) is 0 Å². The van der Waals surface area contributed by atoms with Crippen molar-refractivity contribution in [2.24, 2.45) is 0 Å². The first kappa shape index (κ1) is 5.87. The molecule has 0 bridgehead atoms. The third-order valence-corrected chi connectivity index (χ3v) is 1.65. The highest BCUT2D eigenvalue weighted by Gasteiger charge is 2.02. The van der Waals surface area contributed by atoms with E-state index < -0.39 is 0 Å². The lowest BCUT2D eigenvalue weighted by molar-refractivity contribution is 0.735. The van der Waals surface area contributed by atoms with E-state index in [1.165, 1.54) is 25.7 Å². The zero-order valence-corrected chi connectivity index (χ0v) is 5.32. The van der Waals surface area contributed by atoms with Gasteiger partial charge in [0.2, 0.25) is 0 Å². The molecule has 1 radical (unpaired) electrons. The van der Waals surface area contributed by atoms with Gasteiger partial charge in [-0.2, -0.15) is 0 Å². The second-order valence-electron chi connectivity index (χ2n) is 2.36. The van der Waals surface area contributed by atoms with E-state index in [1.807, 2.05) is 0 Å². The molecule has 0 aliphatic heterocycles. The van der Waals surface area contributed by atoms with E-state index >= 15 is 0 Å². The predicted octanol–water partition coefficient (Wildman–Crippen LogP) is 2.71. The highest BCUT2D eigenvalue weighted by molar-refractivity contribution is 5.11. The fraction of sp³-hybridized carbons (Fsp3) is 0.625. The van der Waals surface area contributed by atoms with Crippen LogP contribution in [0.15, 0.2) is 11.6 Å². The second kappa shape index (κ2) is 2.91. The van der Waals surface area contributed by atoms with Gasteiger partial charge in [0.25, 0.3) is 0 Å². The monoisotopic (exact) mass is 109 g/mol. The largest absolute Gasteiger partial charge is 0.0850 e. The maximum atomic E-state index is 3.79. The third kappa shape index (κ3) is 1.36. The van der Waals surface area contributed by atoms with Crippen LogP contribution < -0.4 is 0 Å². The van der Waals surface area contributed by atoms with Crippen LogP contribution in [0.3, 0.4) is 0 Å². The van der Waals surface area contributed by atoms with Crippen molar-refractivity contribution in [3.8, 4) is 0 Å². The fourth-order valence-electron chi connectivity index (χ4n) is 0.928. The molecule has 1 aliphatic carbocycles. The summed E-state index contributed by atoms with van der Waals surface area (Å²) in [7, 11) is 0. The van der Waals surface area contributed by atoms with Crippen molar-refractivity contribution >= 4 is 0 Å². The van der Waals surface area contributed by atoms with Crippen molar-refractivity contribution < 1.29 is 0 Å². The van der Waals surface area contributed by atoms with Gasteiger partial charge in [-0.15, -0.1) is 0 Å². The van der Waals surface area contributed by atoms with Gasteiger partial charge in [0, 0.05) is 0 Å². The summed E-state index contributed by atoms with van der Waals surface area (Å²) in [5, 5.41) is 0. The van der Waals surface area contributed by atoms with Crippen molar-refractivity contribution in [2.75, 3.05) is 0 Å². The molecular formula is C8H13. The Labute approximate surface area is 51.6 Å². The van der Waals surface area contributed by atoms with Gasteiger partial charge in [0.15, 0.2) is 0 Å². The summed E-state index contributed by atoms with van der Waals surface area (Å²) in [5.41, 5.74) is 1.66. The molecule has 0 nitrogen and oxygen atoms in total. The predicted molar refractivity (Wildman–Crippen MR) is 36.5 cm³/mol. The van der Waals surface area contributed by atoms with E-state index in [-0.39, 0.29) is 0 Å². The summed E-state index contributed by atoms with van der Waals surface area (Å²) in [4.78, 5) is 0. The minimum Gasteiger partial charge on any atom is -0.0850 e. The average molecular weight is 109 g/mol. The van der Waals surface area contributed by atoms with Crippen LogP contribution in [0.1, 0.15) is 32.1 Å². The first-order valence-electron chi connectivity index (χ1n) is 3.40. The van der Waals surface area contributed by atoms with Gasteiger partial charge in [-0.3, -0.25) is 0 Å². The fourth-order valence-corrected chi connectivity index (χ4v) is 0.928. The normalized spacial score (nSPS) is 17.4. The summed E-state index contributed by atoms with van der Waals surface area (Å²) in [6.07, 6.45) is 8.72. The van der Waals surface area contributed by atoms with Gasteiger partial charge >= 0.3 is 0 Å². The molecular weight excluding hydrogens is 96.1 g/mol. The molecule has 0 aromatic heterocycles. The first-order valence-corrected chi connectivity index (χ1v) is 3.40. The molecule has 0 unspecified atom stereocenters. The number of unbranched alkanes of at least 4 members (excludes halogenated alkanes) is 1. The lowest BCUT2D eigenvalue weighted by Crippen LogP contribution is -1.92. The zero-order valence-electron chi connectivity index (χ0n) is 5.32. The average Bonchev–Trinajstić information content (AvgIpc) is 1.63. The third-order valence-electron chi connectivity index (χ3n) is 1.65. The second-order valence-corrected chi connectivity index (χ2v) is 2.36. The highest BCUT2D eigenvalue weighted by atomic mass is 14.1.